The second kappa shape index (κ2) is 7.47. The number of pyridine rings is 1. The van der Waals surface area contributed by atoms with Gasteiger partial charge in [0, 0.05) is 30.2 Å². The number of aromatic nitrogens is 2. The van der Waals surface area contributed by atoms with Crippen LogP contribution in [0.2, 0.25) is 0 Å². The summed E-state index contributed by atoms with van der Waals surface area (Å²) >= 11 is 0. The summed E-state index contributed by atoms with van der Waals surface area (Å²) in [6.07, 6.45) is 3.06. The van der Waals surface area contributed by atoms with E-state index in [4.69, 9.17) is 9.26 Å². The largest absolute Gasteiger partial charge is 0.494 e. The zero-order valence-corrected chi connectivity index (χ0v) is 14.1. The molecule has 132 valence electrons. The van der Waals surface area contributed by atoms with Crippen LogP contribution in [0.1, 0.15) is 26.6 Å². The first-order chi connectivity index (χ1) is 12.6. The second-order valence-electron chi connectivity index (χ2n) is 5.40. The van der Waals surface area contributed by atoms with E-state index in [0.29, 0.717) is 28.4 Å². The van der Waals surface area contributed by atoms with Crippen molar-refractivity contribution in [1.82, 2.24) is 10.1 Å². The lowest BCUT2D eigenvalue weighted by molar-refractivity contribution is 0.0986. The van der Waals surface area contributed by atoms with Crippen molar-refractivity contribution < 1.29 is 18.8 Å². The van der Waals surface area contributed by atoms with Crippen molar-refractivity contribution in [3.05, 3.63) is 65.8 Å². The summed E-state index contributed by atoms with van der Waals surface area (Å²) in [6.45, 7) is 1.73. The molecular weight excluding hydrogens is 336 g/mol. The highest BCUT2D eigenvalue weighted by atomic mass is 16.5. The maximum absolute atomic E-state index is 12.2. The second-order valence-corrected chi connectivity index (χ2v) is 5.40. The minimum absolute atomic E-state index is 0.107. The van der Waals surface area contributed by atoms with E-state index in [1.165, 1.54) is 19.4 Å². The molecule has 0 bridgehead atoms. The number of carbonyl (C=O) groups is 2. The van der Waals surface area contributed by atoms with Gasteiger partial charge in [-0.1, -0.05) is 5.16 Å². The average Bonchev–Trinajstić information content (AvgIpc) is 3.10. The number of amides is 2. The van der Waals surface area contributed by atoms with Crippen LogP contribution in [0.15, 0.2) is 53.3 Å². The van der Waals surface area contributed by atoms with Crippen LogP contribution in [-0.4, -0.2) is 29.1 Å². The molecule has 0 unspecified atom stereocenters. The number of benzene rings is 1. The summed E-state index contributed by atoms with van der Waals surface area (Å²) in [5.41, 5.74) is 1.99. The summed E-state index contributed by atoms with van der Waals surface area (Å²) in [7, 11) is 1.47. The number of hydrogen-bond donors (Lipinski definition) is 2. The van der Waals surface area contributed by atoms with Crippen LogP contribution < -0.4 is 15.4 Å². The molecule has 0 aliphatic heterocycles. The van der Waals surface area contributed by atoms with Gasteiger partial charge in [-0.2, -0.15) is 0 Å². The Morgan fingerprint density at radius 3 is 2.62 bits per heavy atom. The van der Waals surface area contributed by atoms with Crippen molar-refractivity contribution in [2.75, 3.05) is 17.7 Å². The molecule has 0 radical (unpaired) electrons. The van der Waals surface area contributed by atoms with Crippen molar-refractivity contribution in [3.63, 3.8) is 0 Å². The molecule has 0 aliphatic rings. The molecule has 26 heavy (non-hydrogen) atoms. The van der Waals surface area contributed by atoms with Gasteiger partial charge in [0.1, 0.15) is 5.75 Å². The van der Waals surface area contributed by atoms with E-state index in [1.807, 2.05) is 0 Å². The minimum Gasteiger partial charge on any atom is -0.494 e. The maximum atomic E-state index is 12.2. The third-order valence-corrected chi connectivity index (χ3v) is 3.48. The fourth-order valence-electron chi connectivity index (χ4n) is 2.23. The van der Waals surface area contributed by atoms with E-state index in [0.717, 1.165) is 0 Å². The number of aryl methyl sites for hydroxylation is 1. The van der Waals surface area contributed by atoms with Gasteiger partial charge in [0.2, 0.25) is 5.76 Å². The summed E-state index contributed by atoms with van der Waals surface area (Å²) < 4.78 is 10.2. The topological polar surface area (TPSA) is 106 Å². The number of anilines is 2. The van der Waals surface area contributed by atoms with E-state index in [2.05, 4.69) is 20.8 Å². The molecule has 2 heterocycles. The van der Waals surface area contributed by atoms with Crippen LogP contribution >= 0.6 is 0 Å². The van der Waals surface area contributed by atoms with Crippen molar-refractivity contribution in [1.29, 1.82) is 0 Å². The van der Waals surface area contributed by atoms with Crippen LogP contribution in [0.25, 0.3) is 0 Å². The average molecular weight is 352 g/mol. The Balaban J connectivity index is 1.75. The van der Waals surface area contributed by atoms with Gasteiger partial charge < -0.3 is 19.9 Å². The number of carbonyl (C=O) groups excluding carboxylic acids is 2. The molecule has 8 nitrogen and oxygen atoms in total. The lowest BCUT2D eigenvalue weighted by Gasteiger charge is -2.12. The zero-order chi connectivity index (χ0) is 18.5. The molecular formula is C18H16N4O4. The highest BCUT2D eigenvalue weighted by Crippen LogP contribution is 2.28. The van der Waals surface area contributed by atoms with Crippen LogP contribution in [-0.2, 0) is 0 Å². The first-order valence-electron chi connectivity index (χ1n) is 7.71. The van der Waals surface area contributed by atoms with Crippen LogP contribution in [0.5, 0.6) is 5.75 Å². The smallest absolute Gasteiger partial charge is 0.294 e. The van der Waals surface area contributed by atoms with Crippen LogP contribution in [0.4, 0.5) is 11.4 Å². The zero-order valence-electron chi connectivity index (χ0n) is 14.1. The quantitative estimate of drug-likeness (QED) is 0.731. The van der Waals surface area contributed by atoms with Gasteiger partial charge in [-0.15, -0.1) is 0 Å². The molecule has 0 spiro atoms. The molecule has 0 fully saturated rings. The molecule has 0 saturated heterocycles. The first kappa shape index (κ1) is 17.2. The summed E-state index contributed by atoms with van der Waals surface area (Å²) in [6, 6.07) is 9.74. The summed E-state index contributed by atoms with van der Waals surface area (Å²) in [5, 5.41) is 9.11. The standard InChI is InChI=1S/C18H16N4O4/c1-11-8-16(26-22-11)18(24)20-13-5-6-14(15(9-13)25-2)21-17(23)12-4-3-7-19-10-12/h3-10H,1-2H3,(H,20,24)(H,21,23). The molecule has 3 aromatic rings. The lowest BCUT2D eigenvalue weighted by atomic mass is 10.2. The van der Waals surface area contributed by atoms with Gasteiger partial charge in [-0.3, -0.25) is 14.6 Å². The molecule has 2 amide bonds. The van der Waals surface area contributed by atoms with Crippen molar-refractivity contribution in [3.8, 4) is 5.75 Å². The SMILES string of the molecule is COc1cc(NC(=O)c2cc(C)no2)ccc1NC(=O)c1cccnc1. The summed E-state index contributed by atoms with van der Waals surface area (Å²) in [5.74, 6) is -0.241. The lowest BCUT2D eigenvalue weighted by Crippen LogP contribution is -2.14. The molecule has 8 heteroatoms. The number of hydrogen-bond acceptors (Lipinski definition) is 6. The van der Waals surface area contributed by atoms with Gasteiger partial charge in [-0.25, -0.2) is 0 Å². The van der Waals surface area contributed by atoms with Gasteiger partial charge in [0.05, 0.1) is 24.1 Å². The van der Waals surface area contributed by atoms with E-state index in [9.17, 15) is 9.59 Å². The van der Waals surface area contributed by atoms with E-state index in [-0.39, 0.29) is 11.7 Å². The van der Waals surface area contributed by atoms with Crippen molar-refractivity contribution in [2.45, 2.75) is 6.92 Å². The number of rotatable bonds is 5. The Labute approximate surface area is 149 Å². The fraction of sp³-hybridized carbons (Fsp3) is 0.111. The monoisotopic (exact) mass is 352 g/mol. The Hall–Kier alpha value is -3.68. The molecule has 0 aliphatic carbocycles. The number of nitrogens with one attached hydrogen (secondary N) is 2. The van der Waals surface area contributed by atoms with E-state index >= 15 is 0 Å². The summed E-state index contributed by atoms with van der Waals surface area (Å²) in [4.78, 5) is 28.3. The normalized spacial score (nSPS) is 10.2. The van der Waals surface area contributed by atoms with Crippen LogP contribution in [0, 0.1) is 6.92 Å². The predicted octanol–water partition coefficient (Wildman–Crippen LogP) is 2.89. The van der Waals surface area contributed by atoms with Crippen molar-refractivity contribution in [2.24, 2.45) is 0 Å². The first-order valence-corrected chi connectivity index (χ1v) is 7.71. The Bertz CT molecular complexity index is 937. The van der Waals surface area contributed by atoms with E-state index in [1.54, 1.807) is 43.5 Å². The Morgan fingerprint density at radius 1 is 1.12 bits per heavy atom. The highest BCUT2D eigenvalue weighted by Gasteiger charge is 2.14. The van der Waals surface area contributed by atoms with E-state index < -0.39 is 5.91 Å². The number of methoxy groups -OCH3 is 1. The molecule has 2 N–H and O–H groups in total. The number of ether oxygens (including phenoxy) is 1. The van der Waals surface area contributed by atoms with Crippen molar-refractivity contribution >= 4 is 23.2 Å². The molecule has 0 atom stereocenters. The van der Waals surface area contributed by atoms with Gasteiger partial charge in [0.25, 0.3) is 11.8 Å². The van der Waals surface area contributed by atoms with Gasteiger partial charge >= 0.3 is 0 Å². The molecule has 0 saturated carbocycles. The predicted molar refractivity (Wildman–Crippen MR) is 94.4 cm³/mol. The van der Waals surface area contributed by atoms with Gasteiger partial charge in [0.15, 0.2) is 0 Å². The molecule has 2 aromatic heterocycles. The Morgan fingerprint density at radius 2 is 1.96 bits per heavy atom. The van der Waals surface area contributed by atoms with Crippen LogP contribution in [0.3, 0.4) is 0 Å². The fourth-order valence-corrected chi connectivity index (χ4v) is 2.23. The third kappa shape index (κ3) is 3.86. The van der Waals surface area contributed by atoms with Gasteiger partial charge in [-0.05, 0) is 31.2 Å². The number of nitrogens with zero attached hydrogens (tertiary/aromatic N) is 2. The Kier molecular flexibility index (Phi) is 4.93. The minimum atomic E-state index is -0.431. The highest BCUT2D eigenvalue weighted by molar-refractivity contribution is 6.05. The third-order valence-electron chi connectivity index (χ3n) is 3.48. The molecule has 3 rings (SSSR count). The maximum Gasteiger partial charge on any atom is 0.294 e. The molecule has 1 aromatic carbocycles.